The van der Waals surface area contributed by atoms with E-state index >= 15 is 0 Å². The van der Waals surface area contributed by atoms with E-state index in [1.807, 2.05) is 6.08 Å². The number of rotatable bonds is 5. The molecule has 0 unspecified atom stereocenters. The molecule has 0 aromatic carbocycles. The van der Waals surface area contributed by atoms with E-state index in [9.17, 15) is 4.79 Å². The molecule has 70 valence electrons. The molecule has 0 aromatic heterocycles. The van der Waals surface area contributed by atoms with E-state index in [-0.39, 0.29) is 0 Å². The van der Waals surface area contributed by atoms with Gasteiger partial charge in [0, 0.05) is 0 Å². The average molecular weight is 172 g/mol. The van der Waals surface area contributed by atoms with Crippen molar-refractivity contribution in [2.24, 2.45) is 11.5 Å². The van der Waals surface area contributed by atoms with Crippen LogP contribution in [0.4, 0.5) is 0 Å². The summed E-state index contributed by atoms with van der Waals surface area (Å²) in [4.78, 5) is 10.5. The minimum Gasteiger partial charge on any atom is -0.480 e. The first-order valence-corrected chi connectivity index (χ1v) is 3.88. The second kappa shape index (κ2) is 4.90. The molecule has 0 saturated carbocycles. The topological polar surface area (TPSA) is 89.3 Å². The summed E-state index contributed by atoms with van der Waals surface area (Å²) in [5.41, 5.74) is 9.54. The highest BCUT2D eigenvalue weighted by Gasteiger charge is 2.25. The summed E-state index contributed by atoms with van der Waals surface area (Å²) < 4.78 is 0. The lowest BCUT2D eigenvalue weighted by atomic mass is 9.99. The SMILES string of the molecule is C[C@@](N)(C/C=C/CCN)C(=O)O. The lowest BCUT2D eigenvalue weighted by Crippen LogP contribution is -2.44. The lowest BCUT2D eigenvalue weighted by molar-refractivity contribution is -0.142. The largest absolute Gasteiger partial charge is 0.480 e. The zero-order valence-electron chi connectivity index (χ0n) is 7.29. The fourth-order valence-corrected chi connectivity index (χ4v) is 0.630. The van der Waals surface area contributed by atoms with Gasteiger partial charge in [-0.25, -0.2) is 0 Å². The van der Waals surface area contributed by atoms with Crippen LogP contribution in [0.3, 0.4) is 0 Å². The Hall–Kier alpha value is -0.870. The lowest BCUT2D eigenvalue weighted by Gasteiger charge is -2.15. The van der Waals surface area contributed by atoms with Crippen LogP contribution in [0, 0.1) is 0 Å². The van der Waals surface area contributed by atoms with Gasteiger partial charge < -0.3 is 16.6 Å². The van der Waals surface area contributed by atoms with E-state index < -0.39 is 11.5 Å². The molecular formula is C8H16N2O2. The smallest absolute Gasteiger partial charge is 0.323 e. The van der Waals surface area contributed by atoms with E-state index in [1.54, 1.807) is 6.08 Å². The van der Waals surface area contributed by atoms with Crippen molar-refractivity contribution in [2.45, 2.75) is 25.3 Å². The first-order chi connectivity index (χ1) is 5.50. The van der Waals surface area contributed by atoms with Gasteiger partial charge in [0.1, 0.15) is 5.54 Å². The molecule has 0 radical (unpaired) electrons. The van der Waals surface area contributed by atoms with Crippen molar-refractivity contribution in [3.8, 4) is 0 Å². The van der Waals surface area contributed by atoms with E-state index in [2.05, 4.69) is 0 Å². The quantitative estimate of drug-likeness (QED) is 0.512. The zero-order valence-corrected chi connectivity index (χ0v) is 7.29. The van der Waals surface area contributed by atoms with Crippen molar-refractivity contribution in [3.63, 3.8) is 0 Å². The van der Waals surface area contributed by atoms with Crippen molar-refractivity contribution in [1.82, 2.24) is 0 Å². The summed E-state index contributed by atoms with van der Waals surface area (Å²) in [6.07, 6.45) is 4.69. The Balaban J connectivity index is 3.83. The standard InChI is InChI=1S/C8H16N2O2/c1-8(10,7(11)12)5-3-2-4-6-9/h2-3H,4-6,9-10H2,1H3,(H,11,12)/b3-2+/t8-/m1/s1. The number of carboxylic acids is 1. The third-order valence-electron chi connectivity index (χ3n) is 1.53. The molecule has 0 aliphatic rings. The van der Waals surface area contributed by atoms with Gasteiger partial charge in [-0.3, -0.25) is 4.79 Å². The summed E-state index contributed by atoms with van der Waals surface area (Å²) in [6.45, 7) is 2.06. The summed E-state index contributed by atoms with van der Waals surface area (Å²) in [6, 6.07) is 0. The Kier molecular flexibility index (Phi) is 4.54. The number of carboxylic acid groups (broad SMARTS) is 1. The third-order valence-corrected chi connectivity index (χ3v) is 1.53. The van der Waals surface area contributed by atoms with Crippen LogP contribution in [0.5, 0.6) is 0 Å². The Morgan fingerprint density at radius 1 is 1.58 bits per heavy atom. The van der Waals surface area contributed by atoms with Crippen LogP contribution in [0.25, 0.3) is 0 Å². The summed E-state index contributed by atoms with van der Waals surface area (Å²) in [7, 11) is 0. The molecule has 5 N–H and O–H groups in total. The van der Waals surface area contributed by atoms with Crippen LogP contribution in [0.2, 0.25) is 0 Å². The predicted octanol–water partition coefficient (Wildman–Crippen LogP) is 0.0835. The number of aliphatic carboxylic acids is 1. The molecule has 0 spiro atoms. The predicted molar refractivity (Wildman–Crippen MR) is 47.7 cm³/mol. The van der Waals surface area contributed by atoms with Gasteiger partial charge in [0.15, 0.2) is 0 Å². The molecule has 0 fully saturated rings. The first-order valence-electron chi connectivity index (χ1n) is 3.88. The summed E-state index contributed by atoms with van der Waals surface area (Å²) in [5.74, 6) is -0.986. The Morgan fingerprint density at radius 3 is 2.58 bits per heavy atom. The van der Waals surface area contributed by atoms with Crippen LogP contribution >= 0.6 is 0 Å². The van der Waals surface area contributed by atoms with Gasteiger partial charge in [-0.2, -0.15) is 0 Å². The fraction of sp³-hybridized carbons (Fsp3) is 0.625. The molecule has 0 bridgehead atoms. The van der Waals surface area contributed by atoms with Gasteiger partial charge in [-0.15, -0.1) is 0 Å². The third kappa shape index (κ3) is 4.10. The van der Waals surface area contributed by atoms with E-state index in [0.29, 0.717) is 13.0 Å². The van der Waals surface area contributed by atoms with Gasteiger partial charge in [-0.05, 0) is 26.3 Å². The van der Waals surface area contributed by atoms with Gasteiger partial charge in [0.05, 0.1) is 0 Å². The van der Waals surface area contributed by atoms with Crippen LogP contribution in [-0.4, -0.2) is 23.2 Å². The minimum atomic E-state index is -1.16. The highest BCUT2D eigenvalue weighted by Crippen LogP contribution is 2.06. The number of nitrogens with two attached hydrogens (primary N) is 2. The van der Waals surface area contributed by atoms with Crippen molar-refractivity contribution in [1.29, 1.82) is 0 Å². The number of carbonyl (C=O) groups is 1. The second-order valence-corrected chi connectivity index (χ2v) is 2.98. The minimum absolute atomic E-state index is 0.336. The molecule has 0 heterocycles. The first kappa shape index (κ1) is 11.1. The fourth-order valence-electron chi connectivity index (χ4n) is 0.630. The molecule has 0 aliphatic heterocycles. The monoisotopic (exact) mass is 172 g/mol. The zero-order chi connectivity index (χ0) is 9.61. The van der Waals surface area contributed by atoms with Crippen molar-refractivity contribution in [2.75, 3.05) is 6.54 Å². The number of hydrogen-bond acceptors (Lipinski definition) is 3. The van der Waals surface area contributed by atoms with Gasteiger partial charge in [0.25, 0.3) is 0 Å². The molecule has 0 aromatic rings. The summed E-state index contributed by atoms with van der Waals surface area (Å²) in [5, 5.41) is 8.61. The maximum atomic E-state index is 10.5. The molecule has 0 rings (SSSR count). The molecule has 12 heavy (non-hydrogen) atoms. The molecule has 4 nitrogen and oxygen atoms in total. The molecule has 4 heteroatoms. The van der Waals surface area contributed by atoms with Crippen LogP contribution < -0.4 is 11.5 Å². The average Bonchev–Trinajstić information content (AvgIpc) is 1.98. The molecule has 0 aliphatic carbocycles. The second-order valence-electron chi connectivity index (χ2n) is 2.98. The number of hydrogen-bond donors (Lipinski definition) is 3. The van der Waals surface area contributed by atoms with Crippen molar-refractivity contribution < 1.29 is 9.90 Å². The van der Waals surface area contributed by atoms with Crippen LogP contribution in [-0.2, 0) is 4.79 Å². The van der Waals surface area contributed by atoms with Crippen LogP contribution in [0.15, 0.2) is 12.2 Å². The Labute approximate surface area is 72.2 Å². The molecule has 0 saturated heterocycles. The van der Waals surface area contributed by atoms with Crippen molar-refractivity contribution in [3.05, 3.63) is 12.2 Å². The normalized spacial score (nSPS) is 16.2. The molecular weight excluding hydrogens is 156 g/mol. The van der Waals surface area contributed by atoms with E-state index in [1.165, 1.54) is 6.92 Å². The highest BCUT2D eigenvalue weighted by atomic mass is 16.4. The maximum absolute atomic E-state index is 10.5. The summed E-state index contributed by atoms with van der Waals surface area (Å²) >= 11 is 0. The van der Waals surface area contributed by atoms with Gasteiger partial charge in [-0.1, -0.05) is 12.2 Å². The van der Waals surface area contributed by atoms with Crippen molar-refractivity contribution >= 4 is 5.97 Å². The Morgan fingerprint density at radius 2 is 2.17 bits per heavy atom. The van der Waals surface area contributed by atoms with Gasteiger partial charge in [0.2, 0.25) is 0 Å². The Bertz CT molecular complexity index is 176. The van der Waals surface area contributed by atoms with Crippen LogP contribution in [0.1, 0.15) is 19.8 Å². The maximum Gasteiger partial charge on any atom is 0.323 e. The van der Waals surface area contributed by atoms with E-state index in [4.69, 9.17) is 16.6 Å². The van der Waals surface area contributed by atoms with E-state index in [0.717, 1.165) is 6.42 Å². The highest BCUT2D eigenvalue weighted by molar-refractivity contribution is 5.78. The molecule has 0 amide bonds. The molecule has 1 atom stereocenters. The van der Waals surface area contributed by atoms with Gasteiger partial charge >= 0.3 is 5.97 Å².